The Labute approximate surface area is 202 Å². The molecule has 10 nitrogen and oxygen atoms in total. The van der Waals surface area contributed by atoms with Gasteiger partial charge in [0.15, 0.2) is 11.6 Å². The summed E-state index contributed by atoms with van der Waals surface area (Å²) in [7, 11) is -0.604. The van der Waals surface area contributed by atoms with Crippen molar-refractivity contribution in [2.75, 3.05) is 24.4 Å². The summed E-state index contributed by atoms with van der Waals surface area (Å²) in [5, 5.41) is 11.1. The number of nitrogens with zero attached hydrogens (tertiary/aromatic N) is 4. The lowest BCUT2D eigenvalue weighted by molar-refractivity contribution is 0.416. The standard InChI is InChI=1S/C23H26FN7O3S/c1-13(2)30-35(32,33)16-7-9-21(34-5)20(11-16)26-23-25-12-18(24)22(27-23)31(4)15-6-8-17-14(3)28-29-19(17)10-15/h6-13,30H,1-5H3,(H,28,29)(H,25,26,27). The van der Waals surface area contributed by atoms with Crippen LogP contribution in [0.3, 0.4) is 0 Å². The van der Waals surface area contributed by atoms with Crippen LogP contribution < -0.4 is 19.7 Å². The molecule has 0 bridgehead atoms. The normalized spacial score (nSPS) is 11.7. The molecule has 184 valence electrons. The minimum Gasteiger partial charge on any atom is -0.495 e. The van der Waals surface area contributed by atoms with Crippen LogP contribution in [0.1, 0.15) is 19.5 Å². The highest BCUT2D eigenvalue weighted by Crippen LogP contribution is 2.32. The van der Waals surface area contributed by atoms with Crippen LogP contribution in [0.15, 0.2) is 47.5 Å². The van der Waals surface area contributed by atoms with E-state index in [0.717, 1.165) is 22.8 Å². The zero-order valence-corrected chi connectivity index (χ0v) is 20.7. The Balaban J connectivity index is 1.67. The number of H-pyrrole nitrogens is 1. The summed E-state index contributed by atoms with van der Waals surface area (Å²) < 4.78 is 47.8. The first-order valence-electron chi connectivity index (χ1n) is 10.8. The summed E-state index contributed by atoms with van der Waals surface area (Å²) in [5.74, 6) is -0.163. The van der Waals surface area contributed by atoms with E-state index in [-0.39, 0.29) is 22.7 Å². The van der Waals surface area contributed by atoms with Crippen molar-refractivity contribution < 1.29 is 17.5 Å². The number of nitrogens with one attached hydrogen (secondary N) is 3. The Bertz CT molecular complexity index is 1490. The molecule has 0 spiro atoms. The molecule has 4 rings (SSSR count). The van der Waals surface area contributed by atoms with Crippen LogP contribution in [-0.4, -0.2) is 48.8 Å². The highest BCUT2D eigenvalue weighted by molar-refractivity contribution is 7.89. The number of anilines is 4. The molecule has 0 radical (unpaired) electrons. The zero-order valence-electron chi connectivity index (χ0n) is 19.9. The first-order chi connectivity index (χ1) is 16.6. The number of aromatic nitrogens is 4. The molecule has 0 aliphatic carbocycles. The molecular formula is C23H26FN7O3S. The second-order valence-electron chi connectivity index (χ2n) is 8.24. The maximum Gasteiger partial charge on any atom is 0.240 e. The molecule has 0 atom stereocenters. The van der Waals surface area contributed by atoms with Crippen molar-refractivity contribution in [1.29, 1.82) is 0 Å². The second kappa shape index (κ2) is 9.47. The highest BCUT2D eigenvalue weighted by atomic mass is 32.2. The van der Waals surface area contributed by atoms with Crippen LogP contribution in [0.25, 0.3) is 10.9 Å². The van der Waals surface area contributed by atoms with E-state index in [9.17, 15) is 12.8 Å². The third-order valence-electron chi connectivity index (χ3n) is 5.28. The average Bonchev–Trinajstić information content (AvgIpc) is 3.19. The van der Waals surface area contributed by atoms with E-state index < -0.39 is 15.8 Å². The van der Waals surface area contributed by atoms with Crippen molar-refractivity contribution >= 4 is 44.1 Å². The Morgan fingerprint density at radius 3 is 2.66 bits per heavy atom. The quantitative estimate of drug-likeness (QED) is 0.332. The molecule has 4 aromatic rings. The van der Waals surface area contributed by atoms with E-state index >= 15 is 0 Å². The van der Waals surface area contributed by atoms with Gasteiger partial charge in [0.2, 0.25) is 16.0 Å². The van der Waals surface area contributed by atoms with Gasteiger partial charge >= 0.3 is 0 Å². The van der Waals surface area contributed by atoms with Crippen LogP contribution in [0.4, 0.5) is 27.5 Å². The van der Waals surface area contributed by atoms with Gasteiger partial charge < -0.3 is 15.0 Å². The maximum atomic E-state index is 14.7. The SMILES string of the molecule is COc1ccc(S(=O)(=O)NC(C)C)cc1Nc1ncc(F)c(N(C)c2ccc3c(C)[nH]nc3c2)n1. The van der Waals surface area contributed by atoms with Gasteiger partial charge in [-0.15, -0.1) is 0 Å². The smallest absolute Gasteiger partial charge is 0.240 e. The van der Waals surface area contributed by atoms with Gasteiger partial charge in [-0.3, -0.25) is 5.10 Å². The van der Waals surface area contributed by atoms with E-state index in [1.165, 1.54) is 25.3 Å². The molecule has 0 unspecified atom stereocenters. The first-order valence-corrected chi connectivity index (χ1v) is 12.3. The number of hydrogen-bond acceptors (Lipinski definition) is 8. The van der Waals surface area contributed by atoms with Gasteiger partial charge in [-0.1, -0.05) is 0 Å². The number of ether oxygens (including phenoxy) is 1. The van der Waals surface area contributed by atoms with E-state index in [4.69, 9.17) is 4.74 Å². The molecule has 0 saturated heterocycles. The molecule has 35 heavy (non-hydrogen) atoms. The molecule has 2 heterocycles. The topological polar surface area (TPSA) is 125 Å². The van der Waals surface area contributed by atoms with Crippen LogP contribution in [0, 0.1) is 12.7 Å². The number of sulfonamides is 1. The number of aryl methyl sites for hydroxylation is 1. The van der Waals surface area contributed by atoms with Gasteiger partial charge in [0, 0.05) is 29.9 Å². The summed E-state index contributed by atoms with van der Waals surface area (Å²) in [4.78, 5) is 9.96. The third kappa shape index (κ3) is 5.03. The van der Waals surface area contributed by atoms with Crippen LogP contribution >= 0.6 is 0 Å². The molecule has 2 aromatic carbocycles. The van der Waals surface area contributed by atoms with Gasteiger partial charge in [-0.2, -0.15) is 10.1 Å². The second-order valence-corrected chi connectivity index (χ2v) is 9.95. The Morgan fingerprint density at radius 1 is 1.17 bits per heavy atom. The molecule has 0 amide bonds. The Morgan fingerprint density at radius 2 is 1.94 bits per heavy atom. The summed E-state index contributed by atoms with van der Waals surface area (Å²) in [5.41, 5.74) is 2.68. The Kier molecular flexibility index (Phi) is 6.59. The fourth-order valence-electron chi connectivity index (χ4n) is 3.57. The zero-order chi connectivity index (χ0) is 25.3. The first kappa shape index (κ1) is 24.4. The number of hydrogen-bond donors (Lipinski definition) is 3. The number of benzene rings is 2. The largest absolute Gasteiger partial charge is 0.495 e. The summed E-state index contributed by atoms with van der Waals surface area (Å²) in [6, 6.07) is 9.67. The van der Waals surface area contributed by atoms with E-state index in [1.807, 2.05) is 25.1 Å². The lowest BCUT2D eigenvalue weighted by atomic mass is 10.2. The van der Waals surface area contributed by atoms with Gasteiger partial charge in [-0.05, 0) is 57.2 Å². The van der Waals surface area contributed by atoms with E-state index in [1.54, 1.807) is 25.8 Å². The summed E-state index contributed by atoms with van der Waals surface area (Å²) >= 11 is 0. The third-order valence-corrected chi connectivity index (χ3v) is 6.93. The van der Waals surface area contributed by atoms with Crippen molar-refractivity contribution in [1.82, 2.24) is 24.9 Å². The van der Waals surface area contributed by atoms with Gasteiger partial charge in [0.1, 0.15) is 5.75 Å². The number of halogens is 1. The minimum atomic E-state index is -3.74. The van der Waals surface area contributed by atoms with E-state index in [0.29, 0.717) is 17.1 Å². The molecule has 3 N–H and O–H groups in total. The summed E-state index contributed by atoms with van der Waals surface area (Å²) in [6.45, 7) is 5.39. The fraction of sp³-hybridized carbons (Fsp3) is 0.261. The van der Waals surface area contributed by atoms with Crippen molar-refractivity contribution in [2.24, 2.45) is 0 Å². The predicted molar refractivity (Wildman–Crippen MR) is 133 cm³/mol. The fourth-order valence-corrected chi connectivity index (χ4v) is 4.85. The van der Waals surface area contributed by atoms with Crippen LogP contribution in [0.2, 0.25) is 0 Å². The van der Waals surface area contributed by atoms with Gasteiger partial charge in [0.05, 0.1) is 29.4 Å². The van der Waals surface area contributed by atoms with Crippen LogP contribution in [0.5, 0.6) is 5.75 Å². The highest BCUT2D eigenvalue weighted by Gasteiger charge is 2.19. The van der Waals surface area contributed by atoms with Crippen molar-refractivity contribution in [3.63, 3.8) is 0 Å². The molecule has 0 aliphatic rings. The molecular weight excluding hydrogens is 473 g/mol. The molecule has 0 fully saturated rings. The van der Waals surface area contributed by atoms with Crippen molar-refractivity contribution in [3.8, 4) is 5.75 Å². The van der Waals surface area contributed by atoms with Gasteiger partial charge in [0.25, 0.3) is 0 Å². The number of methoxy groups -OCH3 is 1. The minimum absolute atomic E-state index is 0.0262. The van der Waals surface area contributed by atoms with Gasteiger partial charge in [-0.25, -0.2) is 22.5 Å². The average molecular weight is 500 g/mol. The van der Waals surface area contributed by atoms with Crippen LogP contribution in [-0.2, 0) is 10.0 Å². The maximum absolute atomic E-state index is 14.7. The Hall–Kier alpha value is -3.77. The van der Waals surface area contributed by atoms with Crippen molar-refractivity contribution in [2.45, 2.75) is 31.7 Å². The summed E-state index contributed by atoms with van der Waals surface area (Å²) in [6.07, 6.45) is 1.05. The lowest BCUT2D eigenvalue weighted by Crippen LogP contribution is -2.30. The molecule has 0 saturated carbocycles. The molecule has 0 aliphatic heterocycles. The monoisotopic (exact) mass is 499 g/mol. The number of fused-ring (bicyclic) bond motifs is 1. The molecule has 12 heteroatoms. The van der Waals surface area contributed by atoms with Crippen molar-refractivity contribution in [3.05, 3.63) is 54.1 Å². The van der Waals surface area contributed by atoms with E-state index in [2.05, 4.69) is 30.2 Å². The number of rotatable bonds is 8. The molecule has 2 aromatic heterocycles. The lowest BCUT2D eigenvalue weighted by Gasteiger charge is -2.20. The predicted octanol–water partition coefficient (Wildman–Crippen LogP) is 4.01. The number of aromatic amines is 1.